The summed E-state index contributed by atoms with van der Waals surface area (Å²) in [6.07, 6.45) is 5.13. The Labute approximate surface area is 97.1 Å². The lowest BCUT2D eigenvalue weighted by molar-refractivity contribution is -0.142. The van der Waals surface area contributed by atoms with Crippen molar-refractivity contribution < 1.29 is 9.53 Å². The molecule has 0 bridgehead atoms. The Morgan fingerprint density at radius 2 is 2.25 bits per heavy atom. The lowest BCUT2D eigenvalue weighted by Crippen LogP contribution is -2.45. The first-order chi connectivity index (χ1) is 7.81. The van der Waals surface area contributed by atoms with Crippen molar-refractivity contribution in [2.24, 2.45) is 11.7 Å². The van der Waals surface area contributed by atoms with Gasteiger partial charge in [-0.05, 0) is 44.6 Å². The number of piperidine rings is 1. The third-order valence-corrected chi connectivity index (χ3v) is 3.61. The first-order valence-corrected chi connectivity index (χ1v) is 6.41. The lowest BCUT2D eigenvalue weighted by atomic mass is 9.94. The van der Waals surface area contributed by atoms with Crippen molar-refractivity contribution in [1.29, 1.82) is 0 Å². The van der Waals surface area contributed by atoms with Gasteiger partial charge in [0.2, 0.25) is 0 Å². The first kappa shape index (κ1) is 11.9. The maximum Gasteiger partial charge on any atom is 0.251 e. The minimum absolute atomic E-state index is 0.156. The van der Waals surface area contributed by atoms with E-state index in [4.69, 9.17) is 10.5 Å². The maximum atomic E-state index is 12.1. The highest BCUT2D eigenvalue weighted by atomic mass is 16.5. The summed E-state index contributed by atoms with van der Waals surface area (Å²) in [5.41, 5.74) is 5.57. The molecule has 2 atom stereocenters. The van der Waals surface area contributed by atoms with Crippen LogP contribution in [0.1, 0.15) is 32.1 Å². The second kappa shape index (κ2) is 5.64. The Hall–Kier alpha value is -0.610. The number of likely N-dealkylation sites (tertiary alicyclic amines) is 1. The van der Waals surface area contributed by atoms with Gasteiger partial charge in [0.1, 0.15) is 6.10 Å². The normalized spacial score (nSPS) is 30.7. The van der Waals surface area contributed by atoms with E-state index in [1.54, 1.807) is 0 Å². The second-order valence-corrected chi connectivity index (χ2v) is 4.87. The van der Waals surface area contributed by atoms with Gasteiger partial charge < -0.3 is 15.4 Å². The van der Waals surface area contributed by atoms with Crippen LogP contribution in [0, 0.1) is 5.92 Å². The van der Waals surface area contributed by atoms with Crippen molar-refractivity contribution in [3.05, 3.63) is 0 Å². The highest BCUT2D eigenvalue weighted by molar-refractivity contribution is 5.81. The summed E-state index contributed by atoms with van der Waals surface area (Å²) in [4.78, 5) is 14.1. The molecule has 4 heteroatoms. The van der Waals surface area contributed by atoms with E-state index in [0.717, 1.165) is 51.9 Å². The van der Waals surface area contributed by atoms with E-state index < -0.39 is 0 Å². The standard InChI is InChI=1S/C12H22N2O2/c13-6-5-10-3-1-7-14(9-10)12(15)11-4-2-8-16-11/h10-11H,1-9,13H2/t10?,11-/m0/s1. The molecule has 0 aliphatic carbocycles. The third-order valence-electron chi connectivity index (χ3n) is 3.61. The smallest absolute Gasteiger partial charge is 0.251 e. The van der Waals surface area contributed by atoms with Gasteiger partial charge in [-0.3, -0.25) is 4.79 Å². The van der Waals surface area contributed by atoms with Crippen LogP contribution >= 0.6 is 0 Å². The minimum Gasteiger partial charge on any atom is -0.368 e. The zero-order valence-corrected chi connectivity index (χ0v) is 9.86. The molecule has 0 aromatic heterocycles. The molecule has 92 valence electrons. The molecule has 0 radical (unpaired) electrons. The van der Waals surface area contributed by atoms with Gasteiger partial charge in [0.05, 0.1) is 0 Å². The average Bonchev–Trinajstić information content (AvgIpc) is 2.82. The number of carbonyl (C=O) groups excluding carboxylic acids is 1. The molecule has 0 aromatic rings. The second-order valence-electron chi connectivity index (χ2n) is 4.87. The average molecular weight is 226 g/mol. The van der Waals surface area contributed by atoms with Crippen LogP contribution in [0.25, 0.3) is 0 Å². The summed E-state index contributed by atoms with van der Waals surface area (Å²) >= 11 is 0. The summed E-state index contributed by atoms with van der Waals surface area (Å²) in [5.74, 6) is 0.809. The molecule has 2 aliphatic heterocycles. The van der Waals surface area contributed by atoms with Crippen molar-refractivity contribution in [1.82, 2.24) is 4.90 Å². The summed E-state index contributed by atoms with van der Waals surface area (Å²) in [5, 5.41) is 0. The van der Waals surface area contributed by atoms with Gasteiger partial charge in [-0.15, -0.1) is 0 Å². The third kappa shape index (κ3) is 2.74. The van der Waals surface area contributed by atoms with E-state index in [0.29, 0.717) is 5.92 Å². The van der Waals surface area contributed by atoms with Crippen LogP contribution in [-0.2, 0) is 9.53 Å². The molecule has 4 nitrogen and oxygen atoms in total. The molecule has 2 aliphatic rings. The zero-order valence-electron chi connectivity index (χ0n) is 9.86. The quantitative estimate of drug-likeness (QED) is 0.772. The molecule has 2 rings (SSSR count). The summed E-state index contributed by atoms with van der Waals surface area (Å²) < 4.78 is 5.45. The molecule has 2 fully saturated rings. The van der Waals surface area contributed by atoms with Crippen LogP contribution < -0.4 is 5.73 Å². The largest absolute Gasteiger partial charge is 0.368 e. The highest BCUT2D eigenvalue weighted by Crippen LogP contribution is 2.22. The van der Waals surface area contributed by atoms with Gasteiger partial charge in [0.25, 0.3) is 5.91 Å². The van der Waals surface area contributed by atoms with Gasteiger partial charge in [-0.25, -0.2) is 0 Å². The van der Waals surface area contributed by atoms with E-state index in [1.807, 2.05) is 4.90 Å². The molecule has 2 saturated heterocycles. The number of nitrogens with zero attached hydrogens (tertiary/aromatic N) is 1. The highest BCUT2D eigenvalue weighted by Gasteiger charge is 2.31. The summed E-state index contributed by atoms with van der Waals surface area (Å²) in [7, 11) is 0. The number of nitrogens with two attached hydrogens (primary N) is 1. The Morgan fingerprint density at radius 3 is 2.94 bits per heavy atom. The van der Waals surface area contributed by atoms with Crippen LogP contribution in [0.2, 0.25) is 0 Å². The molecule has 2 N–H and O–H groups in total. The summed E-state index contributed by atoms with van der Waals surface area (Å²) in [6.45, 7) is 3.26. The van der Waals surface area contributed by atoms with Crippen molar-refractivity contribution in [3.63, 3.8) is 0 Å². The van der Waals surface area contributed by atoms with E-state index in [-0.39, 0.29) is 12.0 Å². The number of carbonyl (C=O) groups is 1. The monoisotopic (exact) mass is 226 g/mol. The van der Waals surface area contributed by atoms with E-state index in [2.05, 4.69) is 0 Å². The predicted molar refractivity (Wildman–Crippen MR) is 61.9 cm³/mol. The maximum absolute atomic E-state index is 12.1. The molecule has 1 unspecified atom stereocenters. The lowest BCUT2D eigenvalue weighted by Gasteiger charge is -2.34. The van der Waals surface area contributed by atoms with E-state index in [1.165, 1.54) is 6.42 Å². The van der Waals surface area contributed by atoms with Crippen molar-refractivity contribution in [3.8, 4) is 0 Å². The Kier molecular flexibility index (Phi) is 4.18. The van der Waals surface area contributed by atoms with Crippen LogP contribution in [-0.4, -0.2) is 43.2 Å². The SMILES string of the molecule is NCCC1CCCN(C(=O)[C@@H]2CCCO2)C1. The molecular weight excluding hydrogens is 204 g/mol. The molecule has 2 heterocycles. The van der Waals surface area contributed by atoms with Gasteiger partial charge >= 0.3 is 0 Å². The first-order valence-electron chi connectivity index (χ1n) is 6.41. The molecule has 0 aromatic carbocycles. The van der Waals surface area contributed by atoms with Crippen molar-refractivity contribution in [2.75, 3.05) is 26.2 Å². The topological polar surface area (TPSA) is 55.6 Å². The van der Waals surface area contributed by atoms with Gasteiger partial charge in [0.15, 0.2) is 0 Å². The van der Waals surface area contributed by atoms with Crippen LogP contribution in [0.5, 0.6) is 0 Å². The van der Waals surface area contributed by atoms with Gasteiger partial charge in [-0.1, -0.05) is 0 Å². The minimum atomic E-state index is -0.156. The number of rotatable bonds is 3. The molecular formula is C12H22N2O2. The number of amides is 1. The number of hydrogen-bond donors (Lipinski definition) is 1. The Balaban J connectivity index is 1.85. The van der Waals surface area contributed by atoms with E-state index >= 15 is 0 Å². The number of hydrogen-bond acceptors (Lipinski definition) is 3. The fraction of sp³-hybridized carbons (Fsp3) is 0.917. The summed E-state index contributed by atoms with van der Waals surface area (Å²) in [6, 6.07) is 0. The van der Waals surface area contributed by atoms with Crippen molar-refractivity contribution in [2.45, 2.75) is 38.2 Å². The van der Waals surface area contributed by atoms with Crippen molar-refractivity contribution >= 4 is 5.91 Å². The molecule has 0 spiro atoms. The van der Waals surface area contributed by atoms with Gasteiger partial charge in [0, 0.05) is 19.7 Å². The molecule has 1 amide bonds. The fourth-order valence-electron chi connectivity index (χ4n) is 2.71. The number of ether oxygens (including phenoxy) is 1. The van der Waals surface area contributed by atoms with E-state index in [9.17, 15) is 4.79 Å². The predicted octanol–water partition coefficient (Wildman–Crippen LogP) is 0.753. The zero-order chi connectivity index (χ0) is 11.4. The van der Waals surface area contributed by atoms with Crippen LogP contribution in [0.4, 0.5) is 0 Å². The molecule has 16 heavy (non-hydrogen) atoms. The van der Waals surface area contributed by atoms with Crippen LogP contribution in [0.15, 0.2) is 0 Å². The fourth-order valence-corrected chi connectivity index (χ4v) is 2.71. The van der Waals surface area contributed by atoms with Gasteiger partial charge in [-0.2, -0.15) is 0 Å². The Bertz CT molecular complexity index is 237. The Morgan fingerprint density at radius 1 is 1.38 bits per heavy atom. The molecule has 0 saturated carbocycles. The van der Waals surface area contributed by atoms with Crippen LogP contribution in [0.3, 0.4) is 0 Å².